The molecule has 8 aromatic heterocycles. The van der Waals surface area contributed by atoms with Crippen molar-refractivity contribution in [2.24, 2.45) is 56.2 Å². The molecule has 436 valence electrons. The summed E-state index contributed by atoms with van der Waals surface area (Å²) >= 11 is 0. The van der Waals surface area contributed by atoms with E-state index in [1.54, 1.807) is 44.2 Å². The molecule has 0 fully saturated rings. The lowest BCUT2D eigenvalue weighted by Crippen LogP contribution is -2.39. The fourth-order valence-corrected chi connectivity index (χ4v) is 8.27. The number of aliphatic hydroxyl groups is 2. The third-order valence-corrected chi connectivity index (χ3v) is 12.5. The summed E-state index contributed by atoms with van der Waals surface area (Å²) in [4.78, 5) is 137. The number of fused-ring (bicyclic) bond motifs is 4. The predicted octanol–water partition coefficient (Wildman–Crippen LogP) is 0.356. The van der Waals surface area contributed by atoms with E-state index in [0.29, 0.717) is 85.8 Å². The van der Waals surface area contributed by atoms with Crippen molar-refractivity contribution >= 4 is 56.2 Å². The Morgan fingerprint density at radius 1 is 0.512 bits per heavy atom. The highest BCUT2D eigenvalue weighted by Crippen LogP contribution is 2.09. The average Bonchev–Trinajstić information content (AvgIpc) is 1.58. The van der Waals surface area contributed by atoms with Crippen molar-refractivity contribution in [2.45, 2.75) is 143 Å². The normalized spacial score (nSPS) is 16.4. The average molecular weight is 1140 g/mol. The Morgan fingerprint density at radius 3 is 1.24 bits per heavy atom. The zero-order valence-electron chi connectivity index (χ0n) is 63.3. The lowest BCUT2D eigenvalue weighted by molar-refractivity contribution is -0.118. The minimum absolute atomic E-state index is 0.118. The van der Waals surface area contributed by atoms with E-state index in [-0.39, 0.29) is 65.1 Å². The molecule has 8 heterocycles. The van der Waals surface area contributed by atoms with Crippen LogP contribution in [0.5, 0.6) is 0 Å². The number of aromatic nitrogens is 16. The van der Waals surface area contributed by atoms with Crippen LogP contribution in [-0.4, -0.2) is 109 Å². The van der Waals surface area contributed by atoms with Crippen LogP contribution in [0.2, 0.25) is 0 Å². The lowest BCUT2D eigenvalue weighted by atomic mass is 10.2. The van der Waals surface area contributed by atoms with E-state index < -0.39 is 118 Å². The SMILES string of the molecule is CC(=O)CCCCn1c(=O)c2c(ncn2C)n(C)c1=O.CC(O)CCCCn1c(=O)c2c(ncn2C)n(C)c1=O.[2H]c1nc2c(c(=O)n(CCCC([2H])([2H])C(=O)C([2H])([2H])[2H])c(=O)n2C)n1C([2H])([2H])[2H].[2H]c1nc2c(c(=O)n(CCCC([2H])([2H])C(O)C([2H])([2H])[2H])c(=O)n2C)n1C([2H])([2H])[2H]. The largest absolute Gasteiger partial charge is 0.393 e. The van der Waals surface area contributed by atoms with Crippen LogP contribution < -0.4 is 45.0 Å². The molecule has 0 aliphatic heterocycles. The van der Waals surface area contributed by atoms with Gasteiger partial charge in [-0.2, -0.15) is 0 Å². The number of aryl methyl sites for hydroxylation is 8. The van der Waals surface area contributed by atoms with Crippen molar-refractivity contribution in [3.63, 3.8) is 0 Å². The number of aliphatic hydroxyl groups excluding tert-OH is 2. The van der Waals surface area contributed by atoms with Crippen LogP contribution in [0.25, 0.3) is 44.7 Å². The van der Waals surface area contributed by atoms with Crippen LogP contribution in [0.1, 0.15) is 129 Å². The Morgan fingerprint density at radius 2 is 0.875 bits per heavy atom. The van der Waals surface area contributed by atoms with Gasteiger partial charge in [0, 0.05) is 117 Å². The van der Waals surface area contributed by atoms with Crippen LogP contribution in [0.15, 0.2) is 63.6 Å². The van der Waals surface area contributed by atoms with Gasteiger partial charge in [-0.15, -0.1) is 0 Å². The third-order valence-electron chi connectivity index (χ3n) is 12.5. The van der Waals surface area contributed by atoms with Crippen molar-refractivity contribution in [1.29, 1.82) is 0 Å². The number of unbranched alkanes of at least 4 members (excludes halogenated alkanes) is 2. The summed E-state index contributed by atoms with van der Waals surface area (Å²) < 4.78 is 146. The standard InChI is InChI=1S/2C13H20N4O3.2C13H18N4O3/c4*1-9(18)6-4-5-7-17-12(19)10-11(14-8-15(10)2)16(3)13(17)20/h2*8-9,18H,4-7H2,1-3H3;2*8H,4-7H2,1-3H3/i1D3,2D3,6D2,8D;;1D3,2D3,6D2,8D;. The van der Waals surface area contributed by atoms with Gasteiger partial charge in [0.15, 0.2) is 44.7 Å². The highest BCUT2D eigenvalue weighted by Gasteiger charge is 2.18. The van der Waals surface area contributed by atoms with E-state index in [1.807, 2.05) is 0 Å². The first kappa shape index (κ1) is 41.0. The molecule has 0 radical (unpaired) electrons. The fourth-order valence-electron chi connectivity index (χ4n) is 8.27. The second-order valence-corrected chi connectivity index (χ2v) is 18.5. The second-order valence-electron chi connectivity index (χ2n) is 18.5. The van der Waals surface area contributed by atoms with Gasteiger partial charge in [0.05, 0.1) is 37.5 Å². The van der Waals surface area contributed by atoms with E-state index in [2.05, 4.69) is 19.9 Å². The van der Waals surface area contributed by atoms with Crippen molar-refractivity contribution in [2.75, 3.05) is 0 Å². The third kappa shape index (κ3) is 14.4. The molecule has 80 heavy (non-hydrogen) atoms. The number of hydrogen-bond acceptors (Lipinski definition) is 16. The molecule has 2 unspecified atom stereocenters. The summed E-state index contributed by atoms with van der Waals surface area (Å²) in [5.41, 5.74) is -5.00. The number of nitrogens with zero attached hydrogens (tertiary/aromatic N) is 16. The Bertz CT molecular complexity index is 4800. The molecule has 2 atom stereocenters. The summed E-state index contributed by atoms with van der Waals surface area (Å²) in [5, 5.41) is 18.9. The first-order valence-electron chi connectivity index (χ1n) is 33.9. The number of carbonyl (C=O) groups is 2. The van der Waals surface area contributed by atoms with E-state index in [9.17, 15) is 58.2 Å². The van der Waals surface area contributed by atoms with Crippen LogP contribution in [0.4, 0.5) is 0 Å². The van der Waals surface area contributed by atoms with E-state index in [1.165, 1.54) is 51.9 Å². The zero-order chi connectivity index (χ0) is 74.8. The van der Waals surface area contributed by atoms with E-state index in [0.717, 1.165) is 15.6 Å². The van der Waals surface area contributed by atoms with Gasteiger partial charge in [-0.3, -0.25) is 55.7 Å². The summed E-state index contributed by atoms with van der Waals surface area (Å²) in [7, 11) is 9.15. The summed E-state index contributed by atoms with van der Waals surface area (Å²) in [5.74, 6) is -1.47. The van der Waals surface area contributed by atoms with Crippen LogP contribution in [-0.2, 0) is 92.0 Å². The highest BCUT2D eigenvalue weighted by atomic mass is 16.3. The Balaban J connectivity index is 0.000000239. The molecule has 28 nitrogen and oxygen atoms in total. The summed E-state index contributed by atoms with van der Waals surface area (Å²) in [6.45, 7) is -8.66. The maximum Gasteiger partial charge on any atom is 0.332 e. The molecular formula is C52H76N16O12. The molecule has 0 amide bonds. The minimum atomic E-state index is -3.13. The number of carbonyl (C=O) groups excluding carboxylic acids is 2. The van der Waals surface area contributed by atoms with Gasteiger partial charge in [-0.05, 0) is 91.7 Å². The van der Waals surface area contributed by atoms with Gasteiger partial charge < -0.3 is 38.1 Å². The Labute approximate surface area is 483 Å². The van der Waals surface area contributed by atoms with Gasteiger partial charge in [0.2, 0.25) is 0 Å². The molecule has 0 aliphatic carbocycles. The van der Waals surface area contributed by atoms with Crippen LogP contribution >= 0.6 is 0 Å². The Hall–Kier alpha value is -8.14. The molecule has 28 heteroatoms. The highest BCUT2D eigenvalue weighted by molar-refractivity contribution is 5.76. The van der Waals surface area contributed by atoms with Crippen LogP contribution in [0, 0.1) is 0 Å². The van der Waals surface area contributed by atoms with E-state index >= 15 is 0 Å². The maximum absolute atomic E-state index is 12.8. The molecule has 8 rings (SSSR count). The summed E-state index contributed by atoms with van der Waals surface area (Å²) in [6, 6.07) is 0. The topological polar surface area (TPSA) is 322 Å². The van der Waals surface area contributed by atoms with Crippen molar-refractivity contribution in [3.8, 4) is 0 Å². The lowest BCUT2D eigenvalue weighted by Gasteiger charge is -2.09. The molecule has 0 aliphatic rings. The predicted molar refractivity (Wildman–Crippen MR) is 301 cm³/mol. The maximum atomic E-state index is 12.8. The van der Waals surface area contributed by atoms with E-state index in [4.69, 9.17) is 24.7 Å². The van der Waals surface area contributed by atoms with Gasteiger partial charge >= 0.3 is 22.8 Å². The number of ketones is 2. The van der Waals surface area contributed by atoms with Crippen LogP contribution in [0.3, 0.4) is 0 Å². The fraction of sp³-hybridized carbons (Fsp3) is 0.577. The molecule has 0 saturated carbocycles. The zero-order valence-corrected chi connectivity index (χ0v) is 45.3. The first-order chi connectivity index (χ1) is 44.9. The number of rotatable bonds is 20. The van der Waals surface area contributed by atoms with Gasteiger partial charge in [-0.25, -0.2) is 39.1 Å². The molecule has 0 bridgehead atoms. The van der Waals surface area contributed by atoms with Gasteiger partial charge in [0.25, 0.3) is 22.2 Å². The molecule has 0 aromatic carbocycles. The monoisotopic (exact) mass is 1130 g/mol. The minimum Gasteiger partial charge on any atom is -0.393 e. The summed E-state index contributed by atoms with van der Waals surface area (Å²) in [6.07, 6.45) is -3.77. The second kappa shape index (κ2) is 27.6. The quantitative estimate of drug-likeness (QED) is 0.0973. The number of imidazole rings is 4. The Kier molecular flexibility index (Phi) is 14.1. The molecular weight excluding hydrogens is 1040 g/mol. The molecule has 2 N–H and O–H groups in total. The van der Waals surface area contributed by atoms with Gasteiger partial charge in [-0.1, -0.05) is 0 Å². The van der Waals surface area contributed by atoms with Gasteiger partial charge in [0.1, 0.15) is 14.3 Å². The number of hydrogen-bond donors (Lipinski definition) is 2. The van der Waals surface area contributed by atoms with Crippen molar-refractivity contribution in [1.82, 2.24) is 74.7 Å². The molecule has 0 spiro atoms. The first-order valence-corrected chi connectivity index (χ1v) is 24.9. The molecule has 0 saturated heterocycles. The molecule has 8 aromatic rings. The van der Waals surface area contributed by atoms with Crippen molar-refractivity contribution in [3.05, 3.63) is 109 Å². The van der Waals surface area contributed by atoms with Crippen molar-refractivity contribution < 1.29 is 44.5 Å². The smallest absolute Gasteiger partial charge is 0.332 e. The number of Topliss-reactive ketones (excluding diaryl/α,β-unsaturated/α-hetero) is 2.